The minimum absolute atomic E-state index is 0.0508. The average molecular weight is 208 g/mol. The molecule has 0 amide bonds. The largest absolute Gasteiger partial charge is 0.392 e. The van der Waals surface area contributed by atoms with Crippen LogP contribution in [0, 0.1) is 5.92 Å². The second-order valence-corrected chi connectivity index (χ2v) is 4.27. The molecule has 0 aliphatic carbocycles. The summed E-state index contributed by atoms with van der Waals surface area (Å²) in [6.07, 6.45) is 4.64. The standard InChI is InChI=1S/C12H20N2O/c1-10(2)5-7-14(3)12-4-6-13-8-11(12)9-15/h4,6,8,10,15H,5,7,9H2,1-3H3. The van der Waals surface area contributed by atoms with Gasteiger partial charge in [-0.25, -0.2) is 0 Å². The van der Waals surface area contributed by atoms with Crippen LogP contribution in [-0.2, 0) is 6.61 Å². The van der Waals surface area contributed by atoms with Crippen LogP contribution >= 0.6 is 0 Å². The molecule has 0 radical (unpaired) electrons. The smallest absolute Gasteiger partial charge is 0.0717 e. The molecule has 0 atom stereocenters. The maximum absolute atomic E-state index is 9.18. The first-order valence-corrected chi connectivity index (χ1v) is 5.40. The molecule has 1 heterocycles. The fourth-order valence-corrected chi connectivity index (χ4v) is 1.49. The van der Waals surface area contributed by atoms with Crippen molar-refractivity contribution in [2.24, 2.45) is 5.92 Å². The molecule has 0 unspecified atom stereocenters. The van der Waals surface area contributed by atoms with E-state index in [2.05, 4.69) is 30.8 Å². The fraction of sp³-hybridized carbons (Fsp3) is 0.583. The summed E-state index contributed by atoms with van der Waals surface area (Å²) in [6, 6.07) is 1.95. The predicted octanol–water partition coefficient (Wildman–Crippen LogP) is 2.06. The van der Waals surface area contributed by atoms with Gasteiger partial charge in [0.2, 0.25) is 0 Å². The van der Waals surface area contributed by atoms with Crippen molar-refractivity contribution in [3.63, 3.8) is 0 Å². The van der Waals surface area contributed by atoms with Crippen LogP contribution in [0.2, 0.25) is 0 Å². The number of hydrogen-bond acceptors (Lipinski definition) is 3. The minimum Gasteiger partial charge on any atom is -0.392 e. The molecule has 1 rings (SSSR count). The summed E-state index contributed by atoms with van der Waals surface area (Å²) in [6.45, 7) is 5.49. The second-order valence-electron chi connectivity index (χ2n) is 4.27. The van der Waals surface area contributed by atoms with Gasteiger partial charge in [-0.1, -0.05) is 13.8 Å². The summed E-state index contributed by atoms with van der Waals surface area (Å²) in [7, 11) is 2.05. The van der Waals surface area contributed by atoms with Crippen LogP contribution in [-0.4, -0.2) is 23.7 Å². The Hall–Kier alpha value is -1.09. The summed E-state index contributed by atoms with van der Waals surface area (Å²) in [5.74, 6) is 0.701. The van der Waals surface area contributed by atoms with E-state index in [4.69, 9.17) is 0 Å². The number of nitrogens with zero attached hydrogens (tertiary/aromatic N) is 2. The molecule has 0 bridgehead atoms. The Labute approximate surface area is 91.8 Å². The molecule has 3 nitrogen and oxygen atoms in total. The Morgan fingerprint density at radius 3 is 2.80 bits per heavy atom. The molecule has 0 spiro atoms. The summed E-state index contributed by atoms with van der Waals surface area (Å²) in [4.78, 5) is 6.18. The molecular weight excluding hydrogens is 188 g/mol. The van der Waals surface area contributed by atoms with Crippen molar-refractivity contribution in [1.29, 1.82) is 0 Å². The van der Waals surface area contributed by atoms with Gasteiger partial charge in [0.15, 0.2) is 0 Å². The Bertz CT molecular complexity index is 299. The molecule has 0 aliphatic rings. The molecule has 0 saturated carbocycles. The van der Waals surface area contributed by atoms with Gasteiger partial charge in [-0.05, 0) is 18.4 Å². The molecule has 84 valence electrons. The number of anilines is 1. The third-order valence-electron chi connectivity index (χ3n) is 2.50. The third kappa shape index (κ3) is 3.51. The van der Waals surface area contributed by atoms with E-state index in [1.807, 2.05) is 6.07 Å². The number of aliphatic hydroxyl groups is 1. The van der Waals surface area contributed by atoms with Crippen molar-refractivity contribution in [3.8, 4) is 0 Å². The molecular formula is C12H20N2O. The van der Waals surface area contributed by atoms with Gasteiger partial charge in [0.05, 0.1) is 6.61 Å². The lowest BCUT2D eigenvalue weighted by Crippen LogP contribution is -2.21. The molecule has 15 heavy (non-hydrogen) atoms. The molecule has 3 heteroatoms. The first kappa shape index (κ1) is 12.0. The van der Waals surface area contributed by atoms with Crippen LogP contribution < -0.4 is 4.90 Å². The Kier molecular flexibility index (Phi) is 4.56. The van der Waals surface area contributed by atoms with E-state index in [1.165, 1.54) is 0 Å². The van der Waals surface area contributed by atoms with Gasteiger partial charge in [-0.15, -0.1) is 0 Å². The predicted molar refractivity (Wildman–Crippen MR) is 62.9 cm³/mol. The van der Waals surface area contributed by atoms with Crippen molar-refractivity contribution < 1.29 is 5.11 Å². The van der Waals surface area contributed by atoms with E-state index in [0.717, 1.165) is 24.2 Å². The maximum Gasteiger partial charge on any atom is 0.0717 e. The van der Waals surface area contributed by atoms with Crippen molar-refractivity contribution in [2.45, 2.75) is 26.9 Å². The van der Waals surface area contributed by atoms with E-state index in [1.54, 1.807) is 12.4 Å². The van der Waals surface area contributed by atoms with Gasteiger partial charge >= 0.3 is 0 Å². The van der Waals surface area contributed by atoms with Gasteiger partial charge in [-0.2, -0.15) is 0 Å². The minimum atomic E-state index is 0.0508. The Morgan fingerprint density at radius 2 is 2.20 bits per heavy atom. The molecule has 1 N–H and O–H groups in total. The molecule has 0 aromatic carbocycles. The van der Waals surface area contributed by atoms with Gasteiger partial charge in [0.1, 0.15) is 0 Å². The quantitative estimate of drug-likeness (QED) is 0.804. The topological polar surface area (TPSA) is 36.4 Å². The summed E-state index contributed by atoms with van der Waals surface area (Å²) in [5, 5.41) is 9.18. The van der Waals surface area contributed by atoms with Crippen molar-refractivity contribution in [1.82, 2.24) is 4.98 Å². The Morgan fingerprint density at radius 1 is 1.47 bits per heavy atom. The number of aromatic nitrogens is 1. The molecule has 0 aliphatic heterocycles. The van der Waals surface area contributed by atoms with Gasteiger partial charge in [0, 0.05) is 37.2 Å². The lowest BCUT2D eigenvalue weighted by Gasteiger charge is -2.22. The first-order valence-electron chi connectivity index (χ1n) is 5.40. The van der Waals surface area contributed by atoms with Crippen LogP contribution in [0.15, 0.2) is 18.5 Å². The monoisotopic (exact) mass is 208 g/mol. The summed E-state index contributed by atoms with van der Waals surface area (Å²) >= 11 is 0. The SMILES string of the molecule is CC(C)CCN(C)c1ccncc1CO. The number of pyridine rings is 1. The highest BCUT2D eigenvalue weighted by atomic mass is 16.3. The van der Waals surface area contributed by atoms with Gasteiger partial charge in [-0.3, -0.25) is 4.98 Å². The zero-order chi connectivity index (χ0) is 11.3. The van der Waals surface area contributed by atoms with E-state index in [9.17, 15) is 5.11 Å². The Balaban J connectivity index is 2.68. The van der Waals surface area contributed by atoms with Gasteiger partial charge < -0.3 is 10.0 Å². The van der Waals surface area contributed by atoms with Crippen molar-refractivity contribution >= 4 is 5.69 Å². The van der Waals surface area contributed by atoms with Crippen molar-refractivity contribution in [2.75, 3.05) is 18.5 Å². The molecule has 0 saturated heterocycles. The van der Waals surface area contributed by atoms with Crippen LogP contribution in [0.25, 0.3) is 0 Å². The highest BCUT2D eigenvalue weighted by molar-refractivity contribution is 5.51. The number of rotatable bonds is 5. The van der Waals surface area contributed by atoms with Crippen LogP contribution in [0.1, 0.15) is 25.8 Å². The third-order valence-corrected chi connectivity index (χ3v) is 2.50. The van der Waals surface area contributed by atoms with E-state index >= 15 is 0 Å². The number of hydrogen-bond donors (Lipinski definition) is 1. The zero-order valence-corrected chi connectivity index (χ0v) is 9.77. The molecule has 0 fully saturated rings. The molecule has 1 aromatic rings. The summed E-state index contributed by atoms with van der Waals surface area (Å²) < 4.78 is 0. The summed E-state index contributed by atoms with van der Waals surface area (Å²) in [5.41, 5.74) is 1.97. The van der Waals surface area contributed by atoms with Crippen LogP contribution in [0.3, 0.4) is 0 Å². The van der Waals surface area contributed by atoms with E-state index in [0.29, 0.717) is 5.92 Å². The van der Waals surface area contributed by atoms with Gasteiger partial charge in [0.25, 0.3) is 0 Å². The normalized spacial score (nSPS) is 10.7. The maximum atomic E-state index is 9.18. The van der Waals surface area contributed by atoms with E-state index in [-0.39, 0.29) is 6.61 Å². The highest BCUT2D eigenvalue weighted by Gasteiger charge is 2.06. The lowest BCUT2D eigenvalue weighted by molar-refractivity contribution is 0.281. The van der Waals surface area contributed by atoms with Crippen LogP contribution in [0.4, 0.5) is 5.69 Å². The highest BCUT2D eigenvalue weighted by Crippen LogP contribution is 2.18. The lowest BCUT2D eigenvalue weighted by atomic mass is 10.1. The molecule has 1 aromatic heterocycles. The van der Waals surface area contributed by atoms with Crippen molar-refractivity contribution in [3.05, 3.63) is 24.0 Å². The zero-order valence-electron chi connectivity index (χ0n) is 9.77. The first-order chi connectivity index (χ1) is 7.15. The van der Waals surface area contributed by atoms with Crippen LogP contribution in [0.5, 0.6) is 0 Å². The average Bonchev–Trinajstić information content (AvgIpc) is 2.25. The second kappa shape index (κ2) is 5.71. The number of aliphatic hydroxyl groups excluding tert-OH is 1. The van der Waals surface area contributed by atoms with E-state index < -0.39 is 0 Å². The fourth-order valence-electron chi connectivity index (χ4n) is 1.49.